The van der Waals surface area contributed by atoms with Crippen molar-refractivity contribution in [3.05, 3.63) is 54.1 Å². The van der Waals surface area contributed by atoms with Gasteiger partial charge in [0, 0.05) is 5.69 Å². The number of hydrogen-bond acceptors (Lipinski definition) is 4. The lowest BCUT2D eigenvalue weighted by Crippen LogP contribution is -2.23. The minimum Gasteiger partial charge on any atom is -0.457 e. The third kappa shape index (κ3) is 4.25. The predicted octanol–water partition coefficient (Wildman–Crippen LogP) is 2.23. The molecular weight excluding hydrogens is 272 g/mol. The van der Waals surface area contributed by atoms with Gasteiger partial charge in [0.25, 0.3) is 0 Å². The monoisotopic (exact) mass is 286 g/mol. The van der Waals surface area contributed by atoms with E-state index in [-0.39, 0.29) is 5.11 Å². The molecule has 0 bridgehead atoms. The summed E-state index contributed by atoms with van der Waals surface area (Å²) in [7, 11) is 0. The molecule has 0 aliphatic heterocycles. The highest BCUT2D eigenvalue weighted by Gasteiger charge is 1.98. The summed E-state index contributed by atoms with van der Waals surface area (Å²) in [5, 5.41) is 4.01. The number of nitrogens with zero attached hydrogens (tertiary/aromatic N) is 1. The Kier molecular flexibility index (Phi) is 4.52. The van der Waals surface area contributed by atoms with Crippen LogP contribution in [0.5, 0.6) is 11.5 Å². The maximum absolute atomic E-state index is 5.71. The molecule has 20 heavy (non-hydrogen) atoms. The lowest BCUT2D eigenvalue weighted by molar-refractivity contribution is 0.482. The third-order valence-corrected chi connectivity index (χ3v) is 2.45. The van der Waals surface area contributed by atoms with E-state index in [1.807, 2.05) is 36.4 Å². The number of hydrazone groups is 1. The van der Waals surface area contributed by atoms with Crippen LogP contribution < -0.4 is 21.6 Å². The van der Waals surface area contributed by atoms with Crippen molar-refractivity contribution in [3.8, 4) is 11.5 Å². The van der Waals surface area contributed by atoms with Gasteiger partial charge in [0.2, 0.25) is 0 Å². The van der Waals surface area contributed by atoms with E-state index in [2.05, 4.69) is 22.7 Å². The van der Waals surface area contributed by atoms with E-state index in [1.165, 1.54) is 0 Å². The highest BCUT2D eigenvalue weighted by molar-refractivity contribution is 7.80. The summed E-state index contributed by atoms with van der Waals surface area (Å²) >= 11 is 4.65. The SMILES string of the molecule is NC(=S)NN=Cc1cccc(Oc2ccc(N)cc2)c1. The lowest BCUT2D eigenvalue weighted by Gasteiger charge is -2.06. The first-order chi connectivity index (χ1) is 9.63. The maximum atomic E-state index is 5.71. The van der Waals surface area contributed by atoms with Crippen molar-refractivity contribution >= 4 is 29.2 Å². The summed E-state index contributed by atoms with van der Waals surface area (Å²) in [6.45, 7) is 0. The van der Waals surface area contributed by atoms with Crippen molar-refractivity contribution < 1.29 is 4.74 Å². The normalized spacial score (nSPS) is 10.4. The minimum absolute atomic E-state index is 0.121. The van der Waals surface area contributed by atoms with Gasteiger partial charge in [-0.2, -0.15) is 5.10 Å². The molecule has 0 saturated heterocycles. The molecule has 0 spiro atoms. The molecule has 0 atom stereocenters. The molecule has 0 saturated carbocycles. The van der Waals surface area contributed by atoms with Crippen LogP contribution in [0.25, 0.3) is 0 Å². The van der Waals surface area contributed by atoms with Gasteiger partial charge in [-0.1, -0.05) is 12.1 Å². The third-order valence-electron chi connectivity index (χ3n) is 2.36. The van der Waals surface area contributed by atoms with Crippen LogP contribution in [0.2, 0.25) is 0 Å². The highest BCUT2D eigenvalue weighted by Crippen LogP contribution is 2.22. The molecule has 0 aliphatic rings. The topological polar surface area (TPSA) is 85.7 Å². The van der Waals surface area contributed by atoms with Crippen LogP contribution in [0.15, 0.2) is 53.6 Å². The number of ether oxygens (including phenoxy) is 1. The predicted molar refractivity (Wildman–Crippen MR) is 84.9 cm³/mol. The molecule has 0 unspecified atom stereocenters. The smallest absolute Gasteiger partial charge is 0.184 e. The summed E-state index contributed by atoms with van der Waals surface area (Å²) in [5.74, 6) is 1.42. The zero-order valence-electron chi connectivity index (χ0n) is 10.6. The van der Waals surface area contributed by atoms with Crippen LogP contribution in [-0.4, -0.2) is 11.3 Å². The van der Waals surface area contributed by atoms with Gasteiger partial charge in [-0.25, -0.2) is 0 Å². The summed E-state index contributed by atoms with van der Waals surface area (Å²) in [4.78, 5) is 0. The molecule has 2 aromatic carbocycles. The quantitative estimate of drug-likeness (QED) is 0.347. The first kappa shape index (κ1) is 13.8. The van der Waals surface area contributed by atoms with Gasteiger partial charge in [0.1, 0.15) is 11.5 Å². The molecule has 0 fully saturated rings. The van der Waals surface area contributed by atoms with E-state index < -0.39 is 0 Å². The van der Waals surface area contributed by atoms with E-state index in [0.29, 0.717) is 11.4 Å². The Hall–Kier alpha value is -2.60. The highest BCUT2D eigenvalue weighted by atomic mass is 32.1. The second kappa shape index (κ2) is 6.53. The Labute approximate surface area is 122 Å². The van der Waals surface area contributed by atoms with Crippen LogP contribution >= 0.6 is 12.2 Å². The van der Waals surface area contributed by atoms with Gasteiger partial charge in [-0.3, -0.25) is 5.43 Å². The van der Waals surface area contributed by atoms with Crippen LogP contribution in [0.3, 0.4) is 0 Å². The number of anilines is 1. The Morgan fingerprint density at radius 2 is 1.90 bits per heavy atom. The second-order valence-corrected chi connectivity index (χ2v) is 4.42. The molecule has 0 radical (unpaired) electrons. The van der Waals surface area contributed by atoms with Crippen LogP contribution in [-0.2, 0) is 0 Å². The number of nitrogen functional groups attached to an aromatic ring is 1. The van der Waals surface area contributed by atoms with E-state index in [0.717, 1.165) is 11.3 Å². The second-order valence-electron chi connectivity index (χ2n) is 3.98. The van der Waals surface area contributed by atoms with Crippen molar-refractivity contribution in [2.75, 3.05) is 5.73 Å². The summed E-state index contributed by atoms with van der Waals surface area (Å²) in [5.41, 5.74) is 14.9. The number of nitrogens with two attached hydrogens (primary N) is 2. The lowest BCUT2D eigenvalue weighted by atomic mass is 10.2. The average Bonchev–Trinajstić information content (AvgIpc) is 2.41. The average molecular weight is 286 g/mol. The van der Waals surface area contributed by atoms with E-state index in [1.54, 1.807) is 18.3 Å². The largest absolute Gasteiger partial charge is 0.457 e. The van der Waals surface area contributed by atoms with Gasteiger partial charge in [-0.15, -0.1) is 0 Å². The molecule has 2 rings (SSSR count). The van der Waals surface area contributed by atoms with Gasteiger partial charge in [0.05, 0.1) is 6.21 Å². The Bertz CT molecular complexity index is 625. The van der Waals surface area contributed by atoms with Crippen LogP contribution in [0.1, 0.15) is 5.56 Å². The van der Waals surface area contributed by atoms with E-state index in [9.17, 15) is 0 Å². The number of nitrogens with one attached hydrogen (secondary N) is 1. The van der Waals surface area contributed by atoms with Gasteiger partial charge in [-0.05, 0) is 54.2 Å². The fraction of sp³-hybridized carbons (Fsp3) is 0. The number of rotatable bonds is 4. The maximum Gasteiger partial charge on any atom is 0.184 e. The molecule has 0 aliphatic carbocycles. The Balaban J connectivity index is 2.07. The van der Waals surface area contributed by atoms with Crippen molar-refractivity contribution in [3.63, 3.8) is 0 Å². The minimum atomic E-state index is 0.121. The van der Waals surface area contributed by atoms with Crippen molar-refractivity contribution in [2.24, 2.45) is 10.8 Å². The molecule has 5 nitrogen and oxygen atoms in total. The number of hydrogen-bond donors (Lipinski definition) is 3. The zero-order valence-corrected chi connectivity index (χ0v) is 11.4. The molecule has 0 heterocycles. The van der Waals surface area contributed by atoms with Crippen LogP contribution in [0.4, 0.5) is 5.69 Å². The molecular formula is C14H14N4OS. The molecule has 0 amide bonds. The summed E-state index contributed by atoms with van der Waals surface area (Å²) in [6, 6.07) is 14.7. The molecule has 0 aromatic heterocycles. The molecule has 6 heteroatoms. The number of thiocarbonyl (C=S) groups is 1. The fourth-order valence-electron chi connectivity index (χ4n) is 1.50. The zero-order chi connectivity index (χ0) is 14.4. The summed E-state index contributed by atoms with van der Waals surface area (Å²) < 4.78 is 5.71. The van der Waals surface area contributed by atoms with Gasteiger partial charge < -0.3 is 16.2 Å². The molecule has 5 N–H and O–H groups in total. The van der Waals surface area contributed by atoms with E-state index >= 15 is 0 Å². The fourth-order valence-corrected chi connectivity index (χ4v) is 1.55. The van der Waals surface area contributed by atoms with E-state index in [4.69, 9.17) is 16.2 Å². The molecule has 102 valence electrons. The van der Waals surface area contributed by atoms with Crippen molar-refractivity contribution in [2.45, 2.75) is 0 Å². The van der Waals surface area contributed by atoms with Gasteiger partial charge in [0.15, 0.2) is 5.11 Å². The van der Waals surface area contributed by atoms with Crippen LogP contribution in [0, 0.1) is 0 Å². The first-order valence-corrected chi connectivity index (χ1v) is 6.26. The standard InChI is InChI=1S/C14H14N4OS/c15-11-4-6-12(7-5-11)19-13-3-1-2-10(8-13)9-17-18-14(16)20/h1-9H,15H2,(H3,16,18,20). The van der Waals surface area contributed by atoms with Crippen molar-refractivity contribution in [1.29, 1.82) is 0 Å². The van der Waals surface area contributed by atoms with Gasteiger partial charge >= 0.3 is 0 Å². The van der Waals surface area contributed by atoms with Crippen molar-refractivity contribution in [1.82, 2.24) is 5.43 Å². The Morgan fingerprint density at radius 3 is 2.60 bits per heavy atom. The molecule has 2 aromatic rings. The Morgan fingerprint density at radius 1 is 1.15 bits per heavy atom. The first-order valence-electron chi connectivity index (χ1n) is 5.85. The number of benzene rings is 2. The summed E-state index contributed by atoms with van der Waals surface area (Å²) in [6.07, 6.45) is 1.61.